The van der Waals surface area contributed by atoms with E-state index in [0.717, 1.165) is 17.8 Å². The zero-order valence-electron chi connectivity index (χ0n) is 12.8. The molecule has 4 nitrogen and oxygen atoms in total. The van der Waals surface area contributed by atoms with Crippen molar-refractivity contribution in [2.45, 2.75) is 58.3 Å². The normalized spacial score (nSPS) is 26.3. The Morgan fingerprint density at radius 2 is 1.84 bits per heavy atom. The number of aromatic nitrogens is 2. The molecule has 106 valence electrons. The smallest absolute Gasteiger partial charge is 0.145 e. The van der Waals surface area contributed by atoms with Crippen LogP contribution in [0, 0.1) is 12.8 Å². The first-order valence-electron chi connectivity index (χ1n) is 6.91. The van der Waals surface area contributed by atoms with E-state index in [1.165, 1.54) is 0 Å². The molecule has 1 N–H and O–H groups in total. The summed E-state index contributed by atoms with van der Waals surface area (Å²) >= 11 is 0. The molecule has 0 aromatic carbocycles. The van der Waals surface area contributed by atoms with Gasteiger partial charge in [0, 0.05) is 18.3 Å². The van der Waals surface area contributed by atoms with E-state index in [9.17, 15) is 0 Å². The average Bonchev–Trinajstić information content (AvgIpc) is 2.51. The maximum absolute atomic E-state index is 6.18. The molecule has 4 heteroatoms. The SMILES string of the molecule is CNC(c1ncc(C)cn1)C1CC(C)(C)OC1(C)C. The van der Waals surface area contributed by atoms with E-state index in [1.54, 1.807) is 0 Å². The van der Waals surface area contributed by atoms with Crippen LogP contribution < -0.4 is 5.32 Å². The highest BCUT2D eigenvalue weighted by Gasteiger charge is 2.49. The third-order valence-corrected chi connectivity index (χ3v) is 3.94. The molecule has 1 fully saturated rings. The monoisotopic (exact) mass is 263 g/mol. The van der Waals surface area contributed by atoms with E-state index >= 15 is 0 Å². The minimum atomic E-state index is -0.175. The first-order chi connectivity index (χ1) is 8.75. The van der Waals surface area contributed by atoms with Crippen molar-refractivity contribution in [2.24, 2.45) is 5.92 Å². The van der Waals surface area contributed by atoms with Gasteiger partial charge in [-0.05, 0) is 53.7 Å². The summed E-state index contributed by atoms with van der Waals surface area (Å²) in [4.78, 5) is 8.96. The molecule has 0 amide bonds. The average molecular weight is 263 g/mol. The van der Waals surface area contributed by atoms with E-state index in [0.29, 0.717) is 5.92 Å². The van der Waals surface area contributed by atoms with Crippen LogP contribution in [0.3, 0.4) is 0 Å². The summed E-state index contributed by atoms with van der Waals surface area (Å²) in [5.41, 5.74) is 0.820. The van der Waals surface area contributed by atoms with E-state index in [2.05, 4.69) is 43.0 Å². The summed E-state index contributed by atoms with van der Waals surface area (Å²) in [6.45, 7) is 10.6. The molecule has 2 atom stereocenters. The van der Waals surface area contributed by atoms with Crippen LogP contribution >= 0.6 is 0 Å². The quantitative estimate of drug-likeness (QED) is 0.910. The van der Waals surface area contributed by atoms with Crippen molar-refractivity contribution in [2.75, 3.05) is 7.05 Å². The first-order valence-corrected chi connectivity index (χ1v) is 6.91. The standard InChI is InChI=1S/C15H25N3O/c1-10-8-17-13(18-9-10)12(16-6)11-7-14(2,3)19-15(11,4)5/h8-9,11-12,16H,7H2,1-6H3. The Hall–Kier alpha value is -1.00. The molecule has 1 aliphatic rings. The lowest BCUT2D eigenvalue weighted by Crippen LogP contribution is -2.38. The summed E-state index contributed by atoms with van der Waals surface area (Å²) in [6.07, 6.45) is 4.75. The van der Waals surface area contributed by atoms with Gasteiger partial charge in [-0.2, -0.15) is 0 Å². The molecule has 0 aliphatic carbocycles. The number of aryl methyl sites for hydroxylation is 1. The van der Waals surface area contributed by atoms with Gasteiger partial charge >= 0.3 is 0 Å². The van der Waals surface area contributed by atoms with Gasteiger partial charge in [-0.3, -0.25) is 0 Å². The van der Waals surface area contributed by atoms with Gasteiger partial charge in [0.15, 0.2) is 0 Å². The molecule has 19 heavy (non-hydrogen) atoms. The lowest BCUT2D eigenvalue weighted by molar-refractivity contribution is -0.0779. The molecular formula is C15H25N3O. The zero-order chi connectivity index (χ0) is 14.3. The molecule has 1 saturated heterocycles. The second kappa shape index (κ2) is 4.84. The summed E-state index contributed by atoms with van der Waals surface area (Å²) in [5.74, 6) is 1.21. The van der Waals surface area contributed by atoms with Crippen molar-refractivity contribution >= 4 is 0 Å². The van der Waals surface area contributed by atoms with E-state index in [-0.39, 0.29) is 17.2 Å². The fourth-order valence-corrected chi connectivity index (χ4v) is 3.20. The summed E-state index contributed by atoms with van der Waals surface area (Å²) in [6, 6.07) is 0.123. The fraction of sp³-hybridized carbons (Fsp3) is 0.733. The number of hydrogen-bond acceptors (Lipinski definition) is 4. The summed E-state index contributed by atoms with van der Waals surface area (Å²) in [7, 11) is 1.97. The van der Waals surface area contributed by atoms with Crippen LogP contribution in [0.5, 0.6) is 0 Å². The largest absolute Gasteiger partial charge is 0.369 e. The van der Waals surface area contributed by atoms with Crippen molar-refractivity contribution in [3.05, 3.63) is 23.8 Å². The first kappa shape index (κ1) is 14.4. The van der Waals surface area contributed by atoms with Gasteiger partial charge in [0.05, 0.1) is 17.2 Å². The highest BCUT2D eigenvalue weighted by Crippen LogP contribution is 2.46. The van der Waals surface area contributed by atoms with Crippen LogP contribution in [0.2, 0.25) is 0 Å². The van der Waals surface area contributed by atoms with Gasteiger partial charge < -0.3 is 10.1 Å². The second-order valence-corrected chi connectivity index (χ2v) is 6.66. The van der Waals surface area contributed by atoms with Crippen LogP contribution in [-0.4, -0.2) is 28.2 Å². The van der Waals surface area contributed by atoms with Gasteiger partial charge in [-0.1, -0.05) is 0 Å². The van der Waals surface area contributed by atoms with Crippen LogP contribution in [0.25, 0.3) is 0 Å². The van der Waals surface area contributed by atoms with Crippen molar-refractivity contribution in [3.8, 4) is 0 Å². The summed E-state index contributed by atoms with van der Waals surface area (Å²) in [5, 5.41) is 3.37. The zero-order valence-corrected chi connectivity index (χ0v) is 12.8. The summed E-state index contributed by atoms with van der Waals surface area (Å²) < 4.78 is 6.18. The Morgan fingerprint density at radius 1 is 1.26 bits per heavy atom. The third kappa shape index (κ3) is 2.95. The number of ether oxygens (including phenoxy) is 1. The molecule has 2 heterocycles. The van der Waals surface area contributed by atoms with Gasteiger partial charge in [0.25, 0.3) is 0 Å². The second-order valence-electron chi connectivity index (χ2n) is 6.66. The molecule has 1 aromatic rings. The van der Waals surface area contributed by atoms with Crippen LogP contribution in [0.1, 0.15) is 51.5 Å². The molecule has 1 aromatic heterocycles. The number of nitrogens with one attached hydrogen (secondary N) is 1. The third-order valence-electron chi connectivity index (χ3n) is 3.94. The Bertz CT molecular complexity index is 439. The molecule has 1 aliphatic heterocycles. The van der Waals surface area contributed by atoms with Gasteiger partial charge in [-0.25, -0.2) is 9.97 Å². The maximum Gasteiger partial charge on any atom is 0.145 e. The molecule has 2 unspecified atom stereocenters. The highest BCUT2D eigenvalue weighted by atomic mass is 16.5. The van der Waals surface area contributed by atoms with Crippen LogP contribution in [0.15, 0.2) is 12.4 Å². The minimum absolute atomic E-state index is 0.0893. The Balaban J connectivity index is 2.29. The van der Waals surface area contributed by atoms with Crippen molar-refractivity contribution in [1.29, 1.82) is 0 Å². The lowest BCUT2D eigenvalue weighted by Gasteiger charge is -2.32. The van der Waals surface area contributed by atoms with E-state index in [1.807, 2.05) is 26.4 Å². The lowest BCUT2D eigenvalue weighted by atomic mass is 9.81. The molecule has 0 spiro atoms. The van der Waals surface area contributed by atoms with Crippen molar-refractivity contribution in [3.63, 3.8) is 0 Å². The number of hydrogen-bond donors (Lipinski definition) is 1. The maximum atomic E-state index is 6.18. The Labute approximate surface area is 116 Å². The van der Waals surface area contributed by atoms with Crippen molar-refractivity contribution < 1.29 is 4.74 Å². The number of rotatable bonds is 3. The molecule has 0 radical (unpaired) electrons. The van der Waals surface area contributed by atoms with Crippen LogP contribution in [-0.2, 0) is 4.74 Å². The Morgan fingerprint density at radius 3 is 2.26 bits per heavy atom. The van der Waals surface area contributed by atoms with Crippen LogP contribution in [0.4, 0.5) is 0 Å². The predicted octanol–water partition coefficient (Wildman–Crippen LogP) is 2.64. The Kier molecular flexibility index (Phi) is 3.67. The van der Waals surface area contributed by atoms with Gasteiger partial charge in [-0.15, -0.1) is 0 Å². The van der Waals surface area contributed by atoms with E-state index in [4.69, 9.17) is 4.74 Å². The van der Waals surface area contributed by atoms with Crippen molar-refractivity contribution in [1.82, 2.24) is 15.3 Å². The molecule has 2 rings (SSSR count). The minimum Gasteiger partial charge on any atom is -0.369 e. The fourth-order valence-electron chi connectivity index (χ4n) is 3.20. The number of nitrogens with zero attached hydrogens (tertiary/aromatic N) is 2. The molecule has 0 bridgehead atoms. The van der Waals surface area contributed by atoms with E-state index < -0.39 is 0 Å². The highest BCUT2D eigenvalue weighted by molar-refractivity contribution is 5.09. The van der Waals surface area contributed by atoms with Gasteiger partial charge in [0.2, 0.25) is 0 Å². The molecular weight excluding hydrogens is 238 g/mol. The van der Waals surface area contributed by atoms with Gasteiger partial charge in [0.1, 0.15) is 5.82 Å². The molecule has 0 saturated carbocycles. The predicted molar refractivity (Wildman–Crippen MR) is 75.9 cm³/mol. The topological polar surface area (TPSA) is 47.0 Å².